The van der Waals surface area contributed by atoms with Gasteiger partial charge in [-0.05, 0) is 28.1 Å². The number of ketones is 1. The van der Waals surface area contributed by atoms with E-state index in [2.05, 4.69) is 15.9 Å². The lowest BCUT2D eigenvalue weighted by atomic mass is 10.0. The molecular weight excluding hydrogens is 380 g/mol. The van der Waals surface area contributed by atoms with Crippen molar-refractivity contribution in [2.45, 2.75) is 0 Å². The van der Waals surface area contributed by atoms with Crippen LogP contribution in [0.15, 0.2) is 28.7 Å². The molecule has 7 heteroatoms. The van der Waals surface area contributed by atoms with Crippen LogP contribution >= 0.6 is 15.9 Å². The van der Waals surface area contributed by atoms with E-state index in [0.717, 1.165) is 0 Å². The lowest BCUT2D eigenvalue weighted by molar-refractivity contribution is 0.103. The van der Waals surface area contributed by atoms with Gasteiger partial charge in [0.25, 0.3) is 0 Å². The minimum Gasteiger partial charge on any atom is -0.507 e. The molecule has 2 rings (SSSR count). The molecule has 1 N–H and O–H groups in total. The number of carbonyl (C=O) groups is 1. The largest absolute Gasteiger partial charge is 0.507 e. The Kier molecular flexibility index (Phi) is 5.56. The van der Waals surface area contributed by atoms with Gasteiger partial charge in [0.1, 0.15) is 22.8 Å². The number of hydrogen-bond acceptors (Lipinski definition) is 6. The van der Waals surface area contributed by atoms with Gasteiger partial charge < -0.3 is 24.1 Å². The molecule has 0 heterocycles. The van der Waals surface area contributed by atoms with Crippen molar-refractivity contribution >= 4 is 21.7 Å². The first-order valence-corrected chi connectivity index (χ1v) is 7.67. The maximum Gasteiger partial charge on any atom is 0.201 e. The molecule has 0 aromatic heterocycles. The molecule has 0 aliphatic heterocycles. The van der Waals surface area contributed by atoms with Crippen molar-refractivity contribution in [1.82, 2.24) is 0 Å². The van der Waals surface area contributed by atoms with Crippen LogP contribution in [0.2, 0.25) is 0 Å². The molecule has 0 saturated carbocycles. The van der Waals surface area contributed by atoms with Gasteiger partial charge in [-0.3, -0.25) is 4.79 Å². The first kappa shape index (κ1) is 17.9. The number of benzene rings is 2. The van der Waals surface area contributed by atoms with Crippen LogP contribution in [0.25, 0.3) is 0 Å². The van der Waals surface area contributed by atoms with Gasteiger partial charge in [0.15, 0.2) is 11.5 Å². The Morgan fingerprint density at radius 2 is 1.46 bits per heavy atom. The van der Waals surface area contributed by atoms with Crippen molar-refractivity contribution in [2.75, 3.05) is 28.4 Å². The molecule has 0 aliphatic rings. The number of methoxy groups -OCH3 is 4. The van der Waals surface area contributed by atoms with Gasteiger partial charge in [-0.15, -0.1) is 0 Å². The van der Waals surface area contributed by atoms with Gasteiger partial charge in [0, 0.05) is 22.2 Å². The normalized spacial score (nSPS) is 10.2. The molecule has 0 spiro atoms. The summed E-state index contributed by atoms with van der Waals surface area (Å²) in [5.74, 6) is 0.798. The number of carbonyl (C=O) groups excluding carboxylic acids is 1. The zero-order valence-electron chi connectivity index (χ0n) is 13.7. The number of phenols is 1. The summed E-state index contributed by atoms with van der Waals surface area (Å²) in [6.45, 7) is 0. The third-order valence-electron chi connectivity index (χ3n) is 3.46. The van der Waals surface area contributed by atoms with E-state index < -0.39 is 5.78 Å². The van der Waals surface area contributed by atoms with Gasteiger partial charge in [0.2, 0.25) is 5.78 Å². The molecule has 0 atom stereocenters. The molecule has 2 aromatic rings. The number of ether oxygens (including phenoxy) is 4. The minimum absolute atomic E-state index is 0.0335. The fraction of sp³-hybridized carbons (Fsp3) is 0.235. The number of rotatable bonds is 6. The quantitative estimate of drug-likeness (QED) is 0.754. The van der Waals surface area contributed by atoms with Crippen molar-refractivity contribution in [2.24, 2.45) is 0 Å². The van der Waals surface area contributed by atoms with E-state index in [4.69, 9.17) is 18.9 Å². The van der Waals surface area contributed by atoms with Crippen molar-refractivity contribution in [3.05, 3.63) is 39.9 Å². The fourth-order valence-corrected chi connectivity index (χ4v) is 2.75. The SMILES string of the molecule is COc1cc(O)c(C(=O)c2cc(OC)c(OC)cc2Br)c(OC)c1. The highest BCUT2D eigenvalue weighted by molar-refractivity contribution is 9.10. The number of phenolic OH excluding ortho intramolecular Hbond substituents is 1. The van der Waals surface area contributed by atoms with Crippen LogP contribution in [-0.4, -0.2) is 39.3 Å². The third-order valence-corrected chi connectivity index (χ3v) is 4.11. The molecule has 0 aliphatic carbocycles. The van der Waals surface area contributed by atoms with Crippen molar-refractivity contribution in [1.29, 1.82) is 0 Å². The highest BCUT2D eigenvalue weighted by Crippen LogP contribution is 2.39. The number of halogens is 1. The summed E-state index contributed by atoms with van der Waals surface area (Å²) in [7, 11) is 5.85. The second kappa shape index (κ2) is 7.44. The molecule has 24 heavy (non-hydrogen) atoms. The van der Waals surface area contributed by atoms with E-state index in [1.54, 1.807) is 6.07 Å². The first-order valence-electron chi connectivity index (χ1n) is 6.88. The topological polar surface area (TPSA) is 74.2 Å². The number of aromatic hydroxyl groups is 1. The zero-order valence-corrected chi connectivity index (χ0v) is 15.3. The van der Waals surface area contributed by atoms with Crippen molar-refractivity contribution < 1.29 is 28.8 Å². The van der Waals surface area contributed by atoms with Crippen LogP contribution in [0.4, 0.5) is 0 Å². The van der Waals surface area contributed by atoms with Crippen LogP contribution in [0.3, 0.4) is 0 Å². The van der Waals surface area contributed by atoms with Crippen LogP contribution in [0.5, 0.6) is 28.7 Å². The summed E-state index contributed by atoms with van der Waals surface area (Å²) in [6.07, 6.45) is 0. The van der Waals surface area contributed by atoms with E-state index in [9.17, 15) is 9.90 Å². The first-order chi connectivity index (χ1) is 11.5. The highest BCUT2D eigenvalue weighted by atomic mass is 79.9. The summed E-state index contributed by atoms with van der Waals surface area (Å²) in [4.78, 5) is 12.9. The Labute approximate surface area is 148 Å². The van der Waals surface area contributed by atoms with Gasteiger partial charge in [0.05, 0.1) is 28.4 Å². The Morgan fingerprint density at radius 3 is 2.00 bits per heavy atom. The van der Waals surface area contributed by atoms with Gasteiger partial charge in [-0.2, -0.15) is 0 Å². The van der Waals surface area contributed by atoms with E-state index in [1.165, 1.54) is 46.6 Å². The Morgan fingerprint density at radius 1 is 0.875 bits per heavy atom. The van der Waals surface area contributed by atoms with E-state index in [-0.39, 0.29) is 17.1 Å². The molecule has 0 bridgehead atoms. The average Bonchev–Trinajstić information content (AvgIpc) is 2.59. The van der Waals surface area contributed by atoms with Crippen LogP contribution < -0.4 is 18.9 Å². The maximum absolute atomic E-state index is 12.9. The van der Waals surface area contributed by atoms with Crippen molar-refractivity contribution in [3.8, 4) is 28.7 Å². The summed E-state index contributed by atoms with van der Waals surface area (Å²) in [6, 6.07) is 6.04. The smallest absolute Gasteiger partial charge is 0.201 e. The molecule has 6 nitrogen and oxygen atoms in total. The molecule has 0 radical (unpaired) electrons. The maximum atomic E-state index is 12.9. The standard InChI is InChI=1S/C17H17BrO6/c1-21-9-5-12(19)16(15(6-9)24-4)17(20)10-7-13(22-2)14(23-3)8-11(10)18/h5-8,19H,1-4H3. The summed E-state index contributed by atoms with van der Waals surface area (Å²) in [5.41, 5.74) is 0.331. The predicted molar refractivity (Wildman–Crippen MR) is 91.9 cm³/mol. The molecule has 0 saturated heterocycles. The fourth-order valence-electron chi connectivity index (χ4n) is 2.25. The lowest BCUT2D eigenvalue weighted by Crippen LogP contribution is -2.07. The Balaban J connectivity index is 2.61. The second-order valence-corrected chi connectivity index (χ2v) is 5.59. The Bertz CT molecular complexity index is 772. The van der Waals surface area contributed by atoms with E-state index in [1.807, 2.05) is 0 Å². The van der Waals surface area contributed by atoms with E-state index >= 15 is 0 Å². The van der Waals surface area contributed by atoms with Crippen LogP contribution in [-0.2, 0) is 0 Å². The average molecular weight is 397 g/mol. The van der Waals surface area contributed by atoms with E-state index in [0.29, 0.717) is 27.3 Å². The minimum atomic E-state index is -0.431. The molecule has 0 unspecified atom stereocenters. The Hall–Kier alpha value is -2.41. The molecule has 2 aromatic carbocycles. The summed E-state index contributed by atoms with van der Waals surface area (Å²) in [5, 5.41) is 10.2. The van der Waals surface area contributed by atoms with Gasteiger partial charge in [-0.1, -0.05) is 0 Å². The third kappa shape index (κ3) is 3.26. The number of hydrogen-bond donors (Lipinski definition) is 1. The highest BCUT2D eigenvalue weighted by Gasteiger charge is 2.24. The zero-order chi connectivity index (χ0) is 17.9. The molecule has 0 amide bonds. The monoisotopic (exact) mass is 396 g/mol. The second-order valence-electron chi connectivity index (χ2n) is 4.74. The lowest BCUT2D eigenvalue weighted by Gasteiger charge is -2.14. The summed E-state index contributed by atoms with van der Waals surface area (Å²) >= 11 is 3.34. The van der Waals surface area contributed by atoms with Crippen molar-refractivity contribution in [3.63, 3.8) is 0 Å². The van der Waals surface area contributed by atoms with Crippen LogP contribution in [0, 0.1) is 0 Å². The summed E-state index contributed by atoms with van der Waals surface area (Å²) < 4.78 is 21.2. The molecule has 128 valence electrons. The van der Waals surface area contributed by atoms with Gasteiger partial charge >= 0.3 is 0 Å². The van der Waals surface area contributed by atoms with Crippen LogP contribution in [0.1, 0.15) is 15.9 Å². The molecular formula is C17H17BrO6. The predicted octanol–water partition coefficient (Wildman–Crippen LogP) is 3.42. The molecule has 0 fully saturated rings. The van der Waals surface area contributed by atoms with Gasteiger partial charge in [-0.25, -0.2) is 0 Å².